The third-order valence-corrected chi connectivity index (χ3v) is 7.31. The number of sulfonamides is 1. The highest BCUT2D eigenvalue weighted by atomic mass is 32.2. The summed E-state index contributed by atoms with van der Waals surface area (Å²) < 4.78 is 26.6. The van der Waals surface area contributed by atoms with Crippen molar-refractivity contribution in [3.8, 4) is 0 Å². The quantitative estimate of drug-likeness (QED) is 0.805. The Balaban J connectivity index is 1.57. The van der Waals surface area contributed by atoms with Gasteiger partial charge in [-0.05, 0) is 51.3 Å². The molecule has 0 spiro atoms. The molecule has 1 atom stereocenters. The number of benzene rings is 1. The van der Waals surface area contributed by atoms with Crippen molar-refractivity contribution < 1.29 is 18.0 Å². The normalized spacial score (nSPS) is 21.3. The molecule has 8 heteroatoms. The Labute approximate surface area is 167 Å². The molecule has 0 aliphatic carbocycles. The smallest absolute Gasteiger partial charge is 0.243 e. The summed E-state index contributed by atoms with van der Waals surface area (Å²) in [6.07, 6.45) is 2.04. The van der Waals surface area contributed by atoms with Crippen molar-refractivity contribution >= 4 is 21.8 Å². The van der Waals surface area contributed by atoms with E-state index in [-0.39, 0.29) is 34.6 Å². The molecule has 0 radical (unpaired) electrons. The van der Waals surface area contributed by atoms with E-state index in [9.17, 15) is 18.0 Å². The third-order valence-electron chi connectivity index (χ3n) is 5.40. The molecule has 2 saturated heterocycles. The number of hydrogen-bond acceptors (Lipinski definition) is 4. The zero-order chi connectivity index (χ0) is 20.5. The Kier molecular flexibility index (Phi) is 5.82. The molecule has 154 valence electrons. The zero-order valence-corrected chi connectivity index (χ0v) is 17.6. The number of nitrogens with one attached hydrogen (secondary N) is 1. The molecular formula is C20H29N3O4S. The second-order valence-corrected chi connectivity index (χ2v) is 10.5. The predicted octanol–water partition coefficient (Wildman–Crippen LogP) is 1.73. The lowest BCUT2D eigenvalue weighted by atomic mass is 10.1. The molecule has 2 fully saturated rings. The van der Waals surface area contributed by atoms with Crippen molar-refractivity contribution in [2.75, 3.05) is 19.6 Å². The van der Waals surface area contributed by atoms with E-state index in [1.54, 1.807) is 29.2 Å². The molecule has 0 bridgehead atoms. The monoisotopic (exact) mass is 407 g/mol. The van der Waals surface area contributed by atoms with Crippen molar-refractivity contribution in [2.24, 2.45) is 5.92 Å². The van der Waals surface area contributed by atoms with Crippen LogP contribution in [0.5, 0.6) is 0 Å². The van der Waals surface area contributed by atoms with E-state index in [1.807, 2.05) is 20.8 Å². The van der Waals surface area contributed by atoms with Gasteiger partial charge in [0.1, 0.15) is 0 Å². The van der Waals surface area contributed by atoms with Gasteiger partial charge in [0, 0.05) is 38.1 Å². The molecule has 2 aliphatic rings. The number of rotatable bonds is 5. The fourth-order valence-corrected chi connectivity index (χ4v) is 5.24. The van der Waals surface area contributed by atoms with Crippen LogP contribution in [-0.4, -0.2) is 54.6 Å². The molecule has 1 aromatic rings. The van der Waals surface area contributed by atoms with Crippen molar-refractivity contribution in [3.63, 3.8) is 0 Å². The zero-order valence-electron chi connectivity index (χ0n) is 16.8. The minimum atomic E-state index is -3.42. The molecule has 2 aliphatic heterocycles. The van der Waals surface area contributed by atoms with Gasteiger partial charge in [-0.25, -0.2) is 8.42 Å². The second-order valence-electron chi connectivity index (χ2n) is 8.55. The predicted molar refractivity (Wildman–Crippen MR) is 106 cm³/mol. The Morgan fingerprint density at radius 3 is 2.29 bits per heavy atom. The molecule has 2 amide bonds. The summed E-state index contributed by atoms with van der Waals surface area (Å²) in [6.45, 7) is 7.77. The van der Waals surface area contributed by atoms with Crippen LogP contribution in [0.15, 0.2) is 29.2 Å². The summed E-state index contributed by atoms with van der Waals surface area (Å²) in [5, 5.41) is 2.87. The summed E-state index contributed by atoms with van der Waals surface area (Å²) in [5.41, 5.74) is 0.536. The number of nitrogens with zero attached hydrogens (tertiary/aromatic N) is 2. The van der Waals surface area contributed by atoms with Gasteiger partial charge in [-0.15, -0.1) is 0 Å². The largest absolute Gasteiger partial charge is 0.352 e. The van der Waals surface area contributed by atoms with Gasteiger partial charge in [-0.3, -0.25) is 9.59 Å². The highest BCUT2D eigenvalue weighted by Crippen LogP contribution is 2.26. The number of carbonyl (C=O) groups is 2. The van der Waals surface area contributed by atoms with Crippen LogP contribution < -0.4 is 5.32 Å². The summed E-state index contributed by atoms with van der Waals surface area (Å²) in [7, 11) is -3.42. The lowest BCUT2D eigenvalue weighted by Gasteiger charge is -2.31. The van der Waals surface area contributed by atoms with E-state index in [2.05, 4.69) is 5.32 Å². The fraction of sp³-hybridized carbons (Fsp3) is 0.600. The highest BCUT2D eigenvalue weighted by molar-refractivity contribution is 7.89. The molecule has 28 heavy (non-hydrogen) atoms. The summed E-state index contributed by atoms with van der Waals surface area (Å²) >= 11 is 0. The van der Waals surface area contributed by atoms with E-state index < -0.39 is 10.0 Å². The first kappa shape index (κ1) is 20.8. The third kappa shape index (κ3) is 4.38. The standard InChI is InChI=1S/C20H29N3O4S/c1-20(2,3)23-14-16(12-18(23)24)19(25)21-13-15-6-8-17(9-7-15)28(26,27)22-10-4-5-11-22/h6-9,16H,4-5,10-14H2,1-3H3,(H,21,25)/t16-/m0/s1. The Hall–Kier alpha value is -1.93. The molecule has 0 saturated carbocycles. The molecular weight excluding hydrogens is 378 g/mol. The number of hydrogen-bond donors (Lipinski definition) is 1. The summed E-state index contributed by atoms with van der Waals surface area (Å²) in [5.74, 6) is -0.487. The van der Waals surface area contributed by atoms with Crippen LogP contribution in [0.3, 0.4) is 0 Å². The molecule has 3 rings (SSSR count). The van der Waals surface area contributed by atoms with E-state index >= 15 is 0 Å². The maximum absolute atomic E-state index is 12.5. The average Bonchev–Trinajstić information content (AvgIpc) is 3.29. The van der Waals surface area contributed by atoms with Crippen LogP contribution in [0.2, 0.25) is 0 Å². The molecule has 7 nitrogen and oxygen atoms in total. The van der Waals surface area contributed by atoms with Crippen LogP contribution >= 0.6 is 0 Å². The van der Waals surface area contributed by atoms with E-state index in [0.717, 1.165) is 18.4 Å². The van der Waals surface area contributed by atoms with Crippen molar-refractivity contribution in [1.29, 1.82) is 0 Å². The Bertz CT molecular complexity index is 837. The SMILES string of the molecule is CC(C)(C)N1C[C@@H](C(=O)NCc2ccc(S(=O)(=O)N3CCCC3)cc2)CC1=O. The lowest BCUT2D eigenvalue weighted by molar-refractivity contribution is -0.132. The highest BCUT2D eigenvalue weighted by Gasteiger charge is 2.39. The van der Waals surface area contributed by atoms with Crippen LogP contribution in [-0.2, 0) is 26.2 Å². The van der Waals surface area contributed by atoms with Crippen LogP contribution in [0.1, 0.15) is 45.6 Å². The Morgan fingerprint density at radius 2 is 1.75 bits per heavy atom. The first-order valence-corrected chi connectivity index (χ1v) is 11.2. The Morgan fingerprint density at radius 1 is 1.14 bits per heavy atom. The van der Waals surface area contributed by atoms with Gasteiger partial charge in [0.2, 0.25) is 21.8 Å². The molecule has 2 heterocycles. The van der Waals surface area contributed by atoms with Crippen molar-refractivity contribution in [2.45, 2.75) is 57.0 Å². The first-order chi connectivity index (χ1) is 13.1. The maximum Gasteiger partial charge on any atom is 0.243 e. The minimum Gasteiger partial charge on any atom is -0.352 e. The van der Waals surface area contributed by atoms with E-state index in [4.69, 9.17) is 0 Å². The molecule has 1 aromatic carbocycles. The van der Waals surface area contributed by atoms with Crippen LogP contribution in [0.4, 0.5) is 0 Å². The van der Waals surface area contributed by atoms with Gasteiger partial charge >= 0.3 is 0 Å². The average molecular weight is 408 g/mol. The van der Waals surface area contributed by atoms with Crippen LogP contribution in [0.25, 0.3) is 0 Å². The number of carbonyl (C=O) groups excluding carboxylic acids is 2. The van der Waals surface area contributed by atoms with Crippen molar-refractivity contribution in [1.82, 2.24) is 14.5 Å². The van der Waals surface area contributed by atoms with Gasteiger partial charge in [-0.1, -0.05) is 12.1 Å². The minimum absolute atomic E-state index is 0.00382. The topological polar surface area (TPSA) is 86.8 Å². The van der Waals surface area contributed by atoms with Gasteiger partial charge in [0.05, 0.1) is 10.8 Å². The fourth-order valence-electron chi connectivity index (χ4n) is 3.72. The van der Waals surface area contributed by atoms with E-state index in [0.29, 0.717) is 26.2 Å². The van der Waals surface area contributed by atoms with Gasteiger partial charge in [-0.2, -0.15) is 4.31 Å². The molecule has 0 unspecified atom stereocenters. The van der Waals surface area contributed by atoms with Gasteiger partial charge in [0.15, 0.2) is 0 Å². The number of amides is 2. The van der Waals surface area contributed by atoms with Gasteiger partial charge in [0.25, 0.3) is 0 Å². The summed E-state index contributed by atoms with van der Waals surface area (Å²) in [6, 6.07) is 6.64. The van der Waals surface area contributed by atoms with Crippen molar-refractivity contribution in [3.05, 3.63) is 29.8 Å². The van der Waals surface area contributed by atoms with Crippen LogP contribution in [0, 0.1) is 5.92 Å². The lowest BCUT2D eigenvalue weighted by Crippen LogP contribution is -2.43. The first-order valence-electron chi connectivity index (χ1n) is 9.76. The second kappa shape index (κ2) is 7.83. The summed E-state index contributed by atoms with van der Waals surface area (Å²) in [4.78, 5) is 26.6. The molecule has 1 N–H and O–H groups in total. The molecule has 0 aromatic heterocycles. The van der Waals surface area contributed by atoms with E-state index in [1.165, 1.54) is 4.31 Å². The maximum atomic E-state index is 12.5. The van der Waals surface area contributed by atoms with Gasteiger partial charge < -0.3 is 10.2 Å². The number of likely N-dealkylation sites (tertiary alicyclic amines) is 1.